The van der Waals surface area contributed by atoms with E-state index in [1.807, 2.05) is 42.5 Å². The number of methoxy groups -OCH3 is 1. The third-order valence-electron chi connectivity index (χ3n) is 5.49. The Hall–Kier alpha value is -3.91. The summed E-state index contributed by atoms with van der Waals surface area (Å²) >= 11 is 1.28. The first-order valence-electron chi connectivity index (χ1n) is 11.1. The van der Waals surface area contributed by atoms with E-state index in [1.165, 1.54) is 11.3 Å². The van der Waals surface area contributed by atoms with Crippen molar-refractivity contribution < 1.29 is 19.0 Å². The molecule has 0 bridgehead atoms. The molecule has 35 heavy (non-hydrogen) atoms. The van der Waals surface area contributed by atoms with E-state index in [1.54, 1.807) is 43.7 Å². The lowest BCUT2D eigenvalue weighted by Crippen LogP contribution is -2.39. The monoisotopic (exact) mass is 490 g/mol. The van der Waals surface area contributed by atoms with Crippen molar-refractivity contribution in [2.45, 2.75) is 19.9 Å². The first kappa shape index (κ1) is 24.2. The summed E-state index contributed by atoms with van der Waals surface area (Å²) in [5.41, 5.74) is 2.26. The molecule has 1 atom stereocenters. The average Bonchev–Trinajstić information content (AvgIpc) is 3.17. The van der Waals surface area contributed by atoms with Gasteiger partial charge in [0.25, 0.3) is 5.56 Å². The van der Waals surface area contributed by atoms with Gasteiger partial charge in [0.05, 0.1) is 35.6 Å². The zero-order valence-corrected chi connectivity index (χ0v) is 20.6. The summed E-state index contributed by atoms with van der Waals surface area (Å²) in [7, 11) is 1.59. The molecule has 2 aromatic carbocycles. The van der Waals surface area contributed by atoms with Crippen molar-refractivity contribution in [3.63, 3.8) is 0 Å². The van der Waals surface area contributed by atoms with Crippen LogP contribution in [0.4, 0.5) is 0 Å². The molecular weight excluding hydrogens is 464 g/mol. The zero-order valence-electron chi connectivity index (χ0n) is 19.8. The van der Waals surface area contributed by atoms with Crippen LogP contribution in [-0.2, 0) is 9.53 Å². The maximum atomic E-state index is 13.6. The molecule has 8 heteroatoms. The van der Waals surface area contributed by atoms with E-state index in [0.29, 0.717) is 33.0 Å². The summed E-state index contributed by atoms with van der Waals surface area (Å²) in [6, 6.07) is 14.1. The highest BCUT2D eigenvalue weighted by atomic mass is 32.1. The van der Waals surface area contributed by atoms with Crippen LogP contribution in [0.3, 0.4) is 0 Å². The van der Waals surface area contributed by atoms with Gasteiger partial charge in [0, 0.05) is 0 Å². The van der Waals surface area contributed by atoms with Gasteiger partial charge in [0.2, 0.25) is 0 Å². The number of fused-ring (bicyclic) bond motifs is 1. The van der Waals surface area contributed by atoms with E-state index in [-0.39, 0.29) is 12.2 Å². The molecule has 1 aromatic heterocycles. The third kappa shape index (κ3) is 4.97. The number of hydrogen-bond acceptors (Lipinski definition) is 7. The number of esters is 1. The largest absolute Gasteiger partial charge is 0.497 e. The Morgan fingerprint density at radius 1 is 1.14 bits per heavy atom. The van der Waals surface area contributed by atoms with Crippen molar-refractivity contribution >= 4 is 23.4 Å². The van der Waals surface area contributed by atoms with Gasteiger partial charge >= 0.3 is 5.97 Å². The number of hydrogen-bond donors (Lipinski definition) is 0. The summed E-state index contributed by atoms with van der Waals surface area (Å²) < 4.78 is 18.2. The highest BCUT2D eigenvalue weighted by Crippen LogP contribution is 2.31. The molecule has 180 valence electrons. The van der Waals surface area contributed by atoms with Gasteiger partial charge in [-0.3, -0.25) is 9.36 Å². The van der Waals surface area contributed by atoms with Crippen molar-refractivity contribution in [1.29, 1.82) is 0 Å². The lowest BCUT2D eigenvalue weighted by Gasteiger charge is -2.24. The van der Waals surface area contributed by atoms with Gasteiger partial charge in [-0.25, -0.2) is 9.79 Å². The van der Waals surface area contributed by atoms with Crippen molar-refractivity contribution in [3.05, 3.63) is 103 Å². The van der Waals surface area contributed by atoms with Crippen molar-refractivity contribution in [2.24, 2.45) is 4.99 Å². The standard InChI is InChI=1S/C27H26N2O5S/c1-5-15-34-21-11-7-18(8-12-21)16-22-25(30)29-24(19-9-13-20(32-4)14-10-19)23(26(31)33-6-2)17(3)28-27(29)35-22/h5,7-14,16,24H,1,6,15H2,2-4H3/b22-16-. The molecule has 3 aromatic rings. The van der Waals surface area contributed by atoms with Crippen LogP contribution in [0.1, 0.15) is 31.0 Å². The van der Waals surface area contributed by atoms with Crippen LogP contribution in [0.25, 0.3) is 6.08 Å². The fraction of sp³-hybridized carbons (Fsp3) is 0.222. The molecule has 2 heterocycles. The minimum atomic E-state index is -0.659. The van der Waals surface area contributed by atoms with Gasteiger partial charge in [-0.15, -0.1) is 0 Å². The molecule has 1 aliphatic rings. The minimum Gasteiger partial charge on any atom is -0.497 e. The van der Waals surface area contributed by atoms with E-state index in [9.17, 15) is 9.59 Å². The van der Waals surface area contributed by atoms with Crippen molar-refractivity contribution in [3.8, 4) is 11.5 Å². The number of benzene rings is 2. The number of rotatable bonds is 8. The van der Waals surface area contributed by atoms with E-state index in [4.69, 9.17) is 14.2 Å². The Morgan fingerprint density at radius 3 is 2.46 bits per heavy atom. The molecule has 7 nitrogen and oxygen atoms in total. The van der Waals surface area contributed by atoms with Gasteiger partial charge in [0.15, 0.2) is 4.80 Å². The number of allylic oxidation sites excluding steroid dienone is 1. The van der Waals surface area contributed by atoms with Gasteiger partial charge in [-0.05, 0) is 55.3 Å². The van der Waals surface area contributed by atoms with E-state index >= 15 is 0 Å². The molecule has 0 radical (unpaired) electrons. The van der Waals surface area contributed by atoms with Crippen LogP contribution in [0.2, 0.25) is 0 Å². The predicted molar refractivity (Wildman–Crippen MR) is 136 cm³/mol. The summed E-state index contributed by atoms with van der Waals surface area (Å²) in [5, 5.41) is 0. The van der Waals surface area contributed by atoms with Gasteiger partial charge < -0.3 is 14.2 Å². The lowest BCUT2D eigenvalue weighted by atomic mass is 9.96. The Bertz CT molecular complexity index is 1450. The topological polar surface area (TPSA) is 79.1 Å². The van der Waals surface area contributed by atoms with Crippen LogP contribution in [0.5, 0.6) is 11.5 Å². The molecule has 0 N–H and O–H groups in total. The van der Waals surface area contributed by atoms with E-state index < -0.39 is 12.0 Å². The van der Waals surface area contributed by atoms with Gasteiger partial charge in [-0.2, -0.15) is 0 Å². The Kier molecular flexibility index (Phi) is 7.31. The molecule has 1 aliphatic heterocycles. The number of aromatic nitrogens is 1. The molecule has 0 fully saturated rings. The Labute approximate surface area is 206 Å². The van der Waals surface area contributed by atoms with Crippen LogP contribution >= 0.6 is 11.3 Å². The quantitative estimate of drug-likeness (QED) is 0.357. The number of thiazole rings is 1. The van der Waals surface area contributed by atoms with Crippen LogP contribution in [-0.4, -0.2) is 30.9 Å². The van der Waals surface area contributed by atoms with E-state index in [0.717, 1.165) is 16.9 Å². The van der Waals surface area contributed by atoms with Gasteiger partial charge in [0.1, 0.15) is 18.1 Å². The number of ether oxygens (including phenoxy) is 3. The second kappa shape index (κ2) is 10.6. The SMILES string of the molecule is C=CCOc1ccc(/C=c2\sc3n(c2=O)C(c2ccc(OC)cc2)C(C(=O)OCC)=C(C)N=3)cc1. The molecule has 4 rings (SSSR count). The van der Waals surface area contributed by atoms with E-state index in [2.05, 4.69) is 11.6 Å². The number of carbonyl (C=O) groups excluding carboxylic acids is 1. The number of carbonyl (C=O) groups is 1. The molecule has 0 amide bonds. The highest BCUT2D eigenvalue weighted by Gasteiger charge is 2.33. The fourth-order valence-corrected chi connectivity index (χ4v) is 4.91. The predicted octanol–water partition coefficient (Wildman–Crippen LogP) is 3.37. The number of nitrogens with zero attached hydrogens (tertiary/aromatic N) is 2. The maximum Gasteiger partial charge on any atom is 0.338 e. The summed E-state index contributed by atoms with van der Waals surface area (Å²) in [6.45, 7) is 7.81. The van der Waals surface area contributed by atoms with Crippen LogP contribution < -0.4 is 24.4 Å². The smallest absolute Gasteiger partial charge is 0.338 e. The van der Waals surface area contributed by atoms with Crippen molar-refractivity contribution in [1.82, 2.24) is 4.57 Å². The first-order chi connectivity index (χ1) is 17.0. The fourth-order valence-electron chi connectivity index (χ4n) is 3.86. The van der Waals surface area contributed by atoms with Gasteiger partial charge in [-0.1, -0.05) is 48.3 Å². The molecule has 1 unspecified atom stereocenters. The maximum absolute atomic E-state index is 13.6. The van der Waals surface area contributed by atoms with Crippen LogP contribution in [0.15, 0.2) is 82.2 Å². The molecule has 0 saturated heterocycles. The molecule has 0 saturated carbocycles. The molecule has 0 aliphatic carbocycles. The molecule has 0 spiro atoms. The minimum absolute atomic E-state index is 0.224. The van der Waals surface area contributed by atoms with Crippen molar-refractivity contribution in [2.75, 3.05) is 20.3 Å². The Morgan fingerprint density at radius 2 is 1.83 bits per heavy atom. The lowest BCUT2D eigenvalue weighted by molar-refractivity contribution is -0.139. The first-order valence-corrected chi connectivity index (χ1v) is 12.0. The summed E-state index contributed by atoms with van der Waals surface area (Å²) in [6.07, 6.45) is 3.50. The Balaban J connectivity index is 1.84. The second-order valence-corrected chi connectivity index (χ2v) is 8.75. The summed E-state index contributed by atoms with van der Waals surface area (Å²) in [5.74, 6) is 0.914. The van der Waals surface area contributed by atoms with Crippen LogP contribution in [0, 0.1) is 0 Å². The normalized spacial score (nSPS) is 15.3. The molecular formula is C27H26N2O5S. The zero-order chi connectivity index (χ0) is 24.9. The highest BCUT2D eigenvalue weighted by molar-refractivity contribution is 7.07. The summed E-state index contributed by atoms with van der Waals surface area (Å²) in [4.78, 5) is 31.7. The third-order valence-corrected chi connectivity index (χ3v) is 6.48. The average molecular weight is 491 g/mol. The second-order valence-electron chi connectivity index (χ2n) is 7.74.